The molecule has 0 spiro atoms. The van der Waals surface area contributed by atoms with E-state index in [1.54, 1.807) is 68.8 Å². The molecule has 0 aliphatic carbocycles. The minimum atomic E-state index is -4.54. The maximum atomic E-state index is 14.1. The molecule has 202 valence electrons. The Morgan fingerprint density at radius 3 is 2.03 bits per heavy atom. The number of nitrogens with zero attached hydrogens (tertiary/aromatic N) is 2. The molecule has 0 bridgehead atoms. The predicted molar refractivity (Wildman–Crippen MR) is 140 cm³/mol. The van der Waals surface area contributed by atoms with Gasteiger partial charge in [0.25, 0.3) is 5.91 Å². The van der Waals surface area contributed by atoms with Gasteiger partial charge in [0, 0.05) is 6.42 Å². The largest absolute Gasteiger partial charge is 0.497 e. The summed E-state index contributed by atoms with van der Waals surface area (Å²) in [5, 5.41) is 10.1. The van der Waals surface area contributed by atoms with Gasteiger partial charge >= 0.3 is 6.18 Å². The minimum absolute atomic E-state index is 0.0249. The zero-order valence-corrected chi connectivity index (χ0v) is 21.3. The van der Waals surface area contributed by atoms with Gasteiger partial charge in [-0.2, -0.15) is 18.3 Å². The van der Waals surface area contributed by atoms with Crippen LogP contribution in [-0.2, 0) is 0 Å². The molecular formula is C29H27F3N4O3. The molecule has 1 aliphatic heterocycles. The van der Waals surface area contributed by atoms with E-state index >= 15 is 0 Å². The van der Waals surface area contributed by atoms with Gasteiger partial charge in [0.1, 0.15) is 22.9 Å². The molecule has 10 heteroatoms. The lowest BCUT2D eigenvalue weighted by molar-refractivity contribution is -0.173. The Morgan fingerprint density at radius 2 is 1.51 bits per heavy atom. The summed E-state index contributed by atoms with van der Waals surface area (Å²) >= 11 is 0. The number of fused-ring (bicyclic) bond motifs is 1. The average molecular weight is 537 g/mol. The van der Waals surface area contributed by atoms with Crippen molar-refractivity contribution < 1.29 is 27.4 Å². The number of halogens is 3. The van der Waals surface area contributed by atoms with E-state index in [0.717, 1.165) is 15.8 Å². The molecule has 2 N–H and O–H groups in total. The predicted octanol–water partition coefficient (Wildman–Crippen LogP) is 6.08. The van der Waals surface area contributed by atoms with Gasteiger partial charge in [0.15, 0.2) is 6.04 Å². The molecule has 1 aromatic heterocycles. The first-order chi connectivity index (χ1) is 18.8. The summed E-state index contributed by atoms with van der Waals surface area (Å²) in [6.45, 7) is 0. The number of methoxy groups -OCH3 is 2. The molecule has 1 amide bonds. The quantitative estimate of drug-likeness (QED) is 0.299. The molecule has 3 aromatic carbocycles. The number of alkyl halides is 3. The summed E-state index contributed by atoms with van der Waals surface area (Å²) in [5.41, 5.74) is 2.24. The van der Waals surface area contributed by atoms with E-state index in [1.807, 2.05) is 24.3 Å². The van der Waals surface area contributed by atoms with E-state index in [-0.39, 0.29) is 17.8 Å². The summed E-state index contributed by atoms with van der Waals surface area (Å²) in [6.07, 6.45) is -3.61. The number of carbonyl (C=O) groups excluding carboxylic acids is 1. The van der Waals surface area contributed by atoms with Crippen molar-refractivity contribution >= 4 is 11.7 Å². The maximum Gasteiger partial charge on any atom is 0.410 e. The van der Waals surface area contributed by atoms with Crippen molar-refractivity contribution in [1.29, 1.82) is 0 Å². The minimum Gasteiger partial charge on any atom is -0.497 e. The summed E-state index contributed by atoms with van der Waals surface area (Å²) < 4.78 is 53.6. The number of carbonyl (C=O) groups is 1. The molecule has 2 atom stereocenters. The highest BCUT2D eigenvalue weighted by Crippen LogP contribution is 2.44. The van der Waals surface area contributed by atoms with Crippen LogP contribution in [0.4, 0.5) is 19.0 Å². The first-order valence-electron chi connectivity index (χ1n) is 12.3. The lowest BCUT2D eigenvalue weighted by atomic mass is 9.96. The Labute approximate surface area is 223 Å². The Morgan fingerprint density at radius 1 is 0.949 bits per heavy atom. The monoisotopic (exact) mass is 536 g/mol. The molecule has 4 aromatic rings. The second-order valence-electron chi connectivity index (χ2n) is 9.20. The molecular weight excluding hydrogens is 509 g/mol. The molecule has 39 heavy (non-hydrogen) atoms. The summed E-state index contributed by atoms with van der Waals surface area (Å²) in [5.74, 6) is 0.769. The van der Waals surface area contributed by atoms with Crippen LogP contribution in [0, 0.1) is 0 Å². The summed E-state index contributed by atoms with van der Waals surface area (Å²) in [4.78, 5) is 13.6. The number of anilines is 1. The van der Waals surface area contributed by atoms with E-state index in [1.165, 1.54) is 6.20 Å². The van der Waals surface area contributed by atoms with Crippen molar-refractivity contribution in [2.45, 2.75) is 30.7 Å². The van der Waals surface area contributed by atoms with Gasteiger partial charge in [0.2, 0.25) is 0 Å². The number of nitrogens with one attached hydrogen (secondary N) is 2. The molecule has 0 fully saturated rings. The average Bonchev–Trinajstić information content (AvgIpc) is 3.39. The third-order valence-electron chi connectivity index (χ3n) is 6.86. The van der Waals surface area contributed by atoms with Gasteiger partial charge in [-0.25, -0.2) is 4.68 Å². The highest BCUT2D eigenvalue weighted by Gasteiger charge is 2.47. The van der Waals surface area contributed by atoms with Crippen molar-refractivity contribution in [2.24, 2.45) is 0 Å². The van der Waals surface area contributed by atoms with Gasteiger partial charge in [-0.15, -0.1) is 0 Å². The van der Waals surface area contributed by atoms with Crippen molar-refractivity contribution in [3.05, 3.63) is 107 Å². The first-order valence-corrected chi connectivity index (χ1v) is 12.3. The number of aromatic nitrogens is 2. The van der Waals surface area contributed by atoms with Gasteiger partial charge in [0.05, 0.1) is 32.5 Å². The Kier molecular flexibility index (Phi) is 7.19. The molecule has 2 heterocycles. The molecule has 0 saturated carbocycles. The number of benzene rings is 3. The second kappa shape index (κ2) is 10.7. The fourth-order valence-corrected chi connectivity index (χ4v) is 4.79. The van der Waals surface area contributed by atoms with Crippen LogP contribution in [0.25, 0.3) is 0 Å². The Bertz CT molecular complexity index is 1370. The smallest absolute Gasteiger partial charge is 0.410 e. The number of rotatable bonds is 7. The zero-order valence-electron chi connectivity index (χ0n) is 21.3. The van der Waals surface area contributed by atoms with Crippen LogP contribution in [-0.4, -0.2) is 36.1 Å². The topological polar surface area (TPSA) is 77.4 Å². The number of ether oxygens (including phenoxy) is 2. The van der Waals surface area contributed by atoms with Gasteiger partial charge < -0.3 is 20.1 Å². The van der Waals surface area contributed by atoms with Crippen LogP contribution in [0.3, 0.4) is 0 Å². The molecule has 0 saturated heterocycles. The van der Waals surface area contributed by atoms with Crippen molar-refractivity contribution in [1.82, 2.24) is 15.1 Å². The van der Waals surface area contributed by atoms with E-state index < -0.39 is 30.2 Å². The van der Waals surface area contributed by atoms with Crippen molar-refractivity contribution in [2.75, 3.05) is 19.5 Å². The number of hydrogen-bond acceptors (Lipinski definition) is 5. The lowest BCUT2D eigenvalue weighted by Crippen LogP contribution is -2.37. The van der Waals surface area contributed by atoms with E-state index in [4.69, 9.17) is 9.47 Å². The van der Waals surface area contributed by atoms with Crippen LogP contribution in [0.2, 0.25) is 0 Å². The first kappa shape index (κ1) is 26.1. The van der Waals surface area contributed by atoms with Crippen molar-refractivity contribution in [3.8, 4) is 11.5 Å². The highest BCUT2D eigenvalue weighted by atomic mass is 19.4. The van der Waals surface area contributed by atoms with Crippen LogP contribution >= 0.6 is 0 Å². The van der Waals surface area contributed by atoms with Gasteiger partial charge in [-0.05, 0) is 41.0 Å². The Balaban J connectivity index is 1.50. The highest BCUT2D eigenvalue weighted by molar-refractivity contribution is 5.99. The van der Waals surface area contributed by atoms with E-state index in [2.05, 4.69) is 15.7 Å². The SMILES string of the molecule is COc1ccc(C(NC(=O)c2cnn3c2NC(c2ccccc2)CC3C(F)(F)F)c2ccc(OC)cc2)cc1. The fourth-order valence-electron chi connectivity index (χ4n) is 4.79. The summed E-state index contributed by atoms with van der Waals surface area (Å²) in [6, 6.07) is 20.2. The molecule has 7 nitrogen and oxygen atoms in total. The van der Waals surface area contributed by atoms with Gasteiger partial charge in [-0.3, -0.25) is 4.79 Å². The van der Waals surface area contributed by atoms with Crippen LogP contribution in [0.5, 0.6) is 11.5 Å². The van der Waals surface area contributed by atoms with Crippen LogP contribution in [0.1, 0.15) is 51.6 Å². The van der Waals surface area contributed by atoms with E-state index in [0.29, 0.717) is 17.1 Å². The van der Waals surface area contributed by atoms with Crippen LogP contribution < -0.4 is 20.1 Å². The zero-order chi connectivity index (χ0) is 27.6. The third-order valence-corrected chi connectivity index (χ3v) is 6.86. The molecule has 0 radical (unpaired) electrons. The standard InChI is InChI=1S/C29H27F3N4O3/c1-38-21-12-8-19(9-13-21)26(20-10-14-22(39-2)15-11-20)35-28(37)23-17-33-36-25(29(30,31)32)16-24(34-27(23)36)18-6-4-3-5-7-18/h3-15,17,24-26,34H,16H2,1-2H3,(H,35,37). The lowest BCUT2D eigenvalue weighted by Gasteiger charge is -2.34. The Hall–Kier alpha value is -4.47. The molecule has 1 aliphatic rings. The number of hydrogen-bond donors (Lipinski definition) is 2. The third kappa shape index (κ3) is 5.41. The van der Waals surface area contributed by atoms with Crippen LogP contribution in [0.15, 0.2) is 85.1 Å². The van der Waals surface area contributed by atoms with E-state index in [9.17, 15) is 18.0 Å². The number of amides is 1. The fraction of sp³-hybridized carbons (Fsp3) is 0.241. The molecule has 5 rings (SSSR count). The molecule has 2 unspecified atom stereocenters. The summed E-state index contributed by atoms with van der Waals surface area (Å²) in [7, 11) is 3.12. The van der Waals surface area contributed by atoms with Gasteiger partial charge in [-0.1, -0.05) is 54.6 Å². The second-order valence-corrected chi connectivity index (χ2v) is 9.20. The normalized spacial score (nSPS) is 16.8. The van der Waals surface area contributed by atoms with Crippen molar-refractivity contribution in [3.63, 3.8) is 0 Å². The maximum absolute atomic E-state index is 14.1.